The number of halogens is 1. The first-order valence-electron chi connectivity index (χ1n) is 4.32. The van der Waals surface area contributed by atoms with E-state index in [2.05, 4.69) is 15.9 Å². The molecule has 4 heteroatoms. The fourth-order valence-electron chi connectivity index (χ4n) is 1.25. The Kier molecular flexibility index (Phi) is 3.87. The summed E-state index contributed by atoms with van der Waals surface area (Å²) in [6.45, 7) is 1.79. The molecule has 3 nitrogen and oxygen atoms in total. The van der Waals surface area contributed by atoms with Gasteiger partial charge in [0.15, 0.2) is 5.78 Å². The molecule has 0 unspecified atom stereocenters. The second-order valence-electron chi connectivity index (χ2n) is 3.02. The molecule has 0 spiro atoms. The summed E-state index contributed by atoms with van der Waals surface area (Å²) in [6, 6.07) is 5.28. The van der Waals surface area contributed by atoms with Crippen LogP contribution in [-0.4, -0.2) is 18.2 Å². The molecule has 0 saturated heterocycles. The lowest BCUT2D eigenvalue weighted by molar-refractivity contribution is 0.102. The monoisotopic (exact) mass is 267 g/mol. The van der Waals surface area contributed by atoms with Crippen molar-refractivity contribution in [2.24, 2.45) is 0 Å². The largest absolute Gasteiger partial charge is 0.496 e. The molecule has 0 fully saturated rings. The molecular weight excluding hydrogens is 258 g/mol. The molecule has 0 atom stereocenters. The van der Waals surface area contributed by atoms with E-state index in [1.54, 1.807) is 19.1 Å². The number of carbonyl (C=O) groups is 1. The number of methoxy groups -OCH3 is 1. The van der Waals surface area contributed by atoms with Crippen molar-refractivity contribution in [2.45, 2.75) is 6.92 Å². The second kappa shape index (κ2) is 4.94. The molecule has 78 valence electrons. The minimum atomic E-state index is -0.0650. The van der Waals surface area contributed by atoms with Crippen LogP contribution in [0.5, 0.6) is 5.75 Å². The van der Waals surface area contributed by atoms with Gasteiger partial charge in [0.25, 0.3) is 0 Å². The summed E-state index contributed by atoms with van der Waals surface area (Å²) in [4.78, 5) is 11.4. The highest BCUT2D eigenvalue weighted by molar-refractivity contribution is 9.09. The zero-order valence-corrected chi connectivity index (χ0v) is 10.1. The van der Waals surface area contributed by atoms with Gasteiger partial charge in [-0.3, -0.25) is 4.79 Å². The summed E-state index contributed by atoms with van der Waals surface area (Å²) in [5.74, 6) is 0.503. The average molecular weight is 268 g/mol. The van der Waals surface area contributed by atoms with E-state index >= 15 is 0 Å². The summed E-state index contributed by atoms with van der Waals surface area (Å²) >= 11 is 3.09. The topological polar surface area (TPSA) is 50.1 Å². The normalized spacial score (nSPS) is 9.47. The summed E-state index contributed by atoms with van der Waals surface area (Å²) < 4.78 is 5.10. The van der Waals surface area contributed by atoms with Crippen LogP contribution in [0.1, 0.15) is 21.5 Å². The average Bonchev–Trinajstić information content (AvgIpc) is 2.28. The SMILES string of the molecule is COc1cc(C(=O)CBr)cc(C#N)c1C. The van der Waals surface area contributed by atoms with Gasteiger partial charge in [-0.15, -0.1) is 0 Å². The maximum Gasteiger partial charge on any atom is 0.173 e. The molecule has 15 heavy (non-hydrogen) atoms. The van der Waals surface area contributed by atoms with Gasteiger partial charge in [-0.05, 0) is 19.1 Å². The third kappa shape index (κ3) is 2.37. The van der Waals surface area contributed by atoms with E-state index in [-0.39, 0.29) is 11.1 Å². The van der Waals surface area contributed by atoms with E-state index in [1.165, 1.54) is 7.11 Å². The number of Topliss-reactive ketones (excluding diaryl/α,β-unsaturated/α-hetero) is 1. The molecule has 1 aromatic carbocycles. The number of hydrogen-bond acceptors (Lipinski definition) is 3. The number of hydrogen-bond donors (Lipinski definition) is 0. The van der Waals surface area contributed by atoms with Crippen LogP contribution in [0.3, 0.4) is 0 Å². The Morgan fingerprint density at radius 2 is 2.27 bits per heavy atom. The maximum atomic E-state index is 11.4. The van der Waals surface area contributed by atoms with Crippen LogP contribution in [0.15, 0.2) is 12.1 Å². The Labute approximate surface area is 96.8 Å². The van der Waals surface area contributed by atoms with E-state index in [9.17, 15) is 4.79 Å². The summed E-state index contributed by atoms with van der Waals surface area (Å²) in [5.41, 5.74) is 1.72. The molecule has 0 N–H and O–H groups in total. The van der Waals surface area contributed by atoms with Crippen LogP contribution in [0.4, 0.5) is 0 Å². The van der Waals surface area contributed by atoms with Gasteiger partial charge >= 0.3 is 0 Å². The zero-order chi connectivity index (χ0) is 11.4. The smallest absolute Gasteiger partial charge is 0.173 e. The number of ketones is 1. The zero-order valence-electron chi connectivity index (χ0n) is 8.50. The van der Waals surface area contributed by atoms with Crippen molar-refractivity contribution < 1.29 is 9.53 Å². The fraction of sp³-hybridized carbons (Fsp3) is 0.273. The third-order valence-electron chi connectivity index (χ3n) is 2.14. The third-order valence-corrected chi connectivity index (χ3v) is 2.65. The Morgan fingerprint density at radius 3 is 2.73 bits per heavy atom. The van der Waals surface area contributed by atoms with Crippen molar-refractivity contribution in [1.82, 2.24) is 0 Å². The lowest BCUT2D eigenvalue weighted by atomic mass is 10.0. The molecule has 0 saturated carbocycles. The fourth-order valence-corrected chi connectivity index (χ4v) is 1.58. The van der Waals surface area contributed by atoms with Gasteiger partial charge < -0.3 is 4.74 Å². The summed E-state index contributed by atoms with van der Waals surface area (Å²) in [6.07, 6.45) is 0. The van der Waals surface area contributed by atoms with Crippen LogP contribution in [0.2, 0.25) is 0 Å². The first-order chi connectivity index (χ1) is 7.13. The van der Waals surface area contributed by atoms with Crippen molar-refractivity contribution in [1.29, 1.82) is 5.26 Å². The molecule has 0 aliphatic heterocycles. The number of benzene rings is 1. The summed E-state index contributed by atoms with van der Waals surface area (Å²) in [5, 5.41) is 9.13. The van der Waals surface area contributed by atoms with E-state index in [0.29, 0.717) is 16.9 Å². The number of ether oxygens (including phenoxy) is 1. The first-order valence-corrected chi connectivity index (χ1v) is 5.44. The van der Waals surface area contributed by atoms with Crippen molar-refractivity contribution in [3.63, 3.8) is 0 Å². The van der Waals surface area contributed by atoms with E-state index in [1.807, 2.05) is 6.07 Å². The molecule has 0 aromatic heterocycles. The van der Waals surface area contributed by atoms with Crippen molar-refractivity contribution in [3.8, 4) is 11.8 Å². The molecule has 0 amide bonds. The number of nitriles is 1. The van der Waals surface area contributed by atoms with Crippen molar-refractivity contribution >= 4 is 21.7 Å². The minimum absolute atomic E-state index is 0.0650. The van der Waals surface area contributed by atoms with Crippen molar-refractivity contribution in [3.05, 3.63) is 28.8 Å². The predicted octanol–water partition coefficient (Wildman–Crippen LogP) is 2.45. The quantitative estimate of drug-likeness (QED) is 0.625. The molecule has 0 heterocycles. The van der Waals surface area contributed by atoms with Gasteiger partial charge in [-0.2, -0.15) is 5.26 Å². The van der Waals surface area contributed by atoms with Crippen LogP contribution in [-0.2, 0) is 0 Å². The highest BCUT2D eigenvalue weighted by Gasteiger charge is 2.11. The molecule has 0 radical (unpaired) electrons. The minimum Gasteiger partial charge on any atom is -0.496 e. The molecule has 0 aliphatic carbocycles. The van der Waals surface area contributed by atoms with Crippen LogP contribution in [0.25, 0.3) is 0 Å². The van der Waals surface area contributed by atoms with Crippen LogP contribution >= 0.6 is 15.9 Å². The molecular formula is C11H10BrNO2. The molecule has 1 aromatic rings. The Morgan fingerprint density at radius 1 is 1.60 bits per heavy atom. The number of nitrogens with zero attached hydrogens (tertiary/aromatic N) is 1. The maximum absolute atomic E-state index is 11.4. The van der Waals surface area contributed by atoms with E-state index < -0.39 is 0 Å². The van der Waals surface area contributed by atoms with Crippen LogP contribution in [0, 0.1) is 18.3 Å². The predicted molar refractivity (Wildman–Crippen MR) is 60.6 cm³/mol. The highest BCUT2D eigenvalue weighted by atomic mass is 79.9. The lowest BCUT2D eigenvalue weighted by Crippen LogP contribution is -2.02. The number of rotatable bonds is 3. The van der Waals surface area contributed by atoms with Gasteiger partial charge in [0.2, 0.25) is 0 Å². The molecule has 1 rings (SSSR count). The van der Waals surface area contributed by atoms with Gasteiger partial charge in [0, 0.05) is 11.1 Å². The van der Waals surface area contributed by atoms with E-state index in [4.69, 9.17) is 10.00 Å². The Balaban J connectivity index is 3.34. The second-order valence-corrected chi connectivity index (χ2v) is 3.58. The highest BCUT2D eigenvalue weighted by Crippen LogP contribution is 2.23. The van der Waals surface area contributed by atoms with Gasteiger partial charge in [-0.25, -0.2) is 0 Å². The Hall–Kier alpha value is -1.34. The number of carbonyl (C=O) groups excluding carboxylic acids is 1. The van der Waals surface area contributed by atoms with Gasteiger partial charge in [-0.1, -0.05) is 15.9 Å². The van der Waals surface area contributed by atoms with Crippen molar-refractivity contribution in [2.75, 3.05) is 12.4 Å². The first kappa shape index (κ1) is 11.7. The Bertz CT molecular complexity index is 435. The molecule has 0 bridgehead atoms. The lowest BCUT2D eigenvalue weighted by Gasteiger charge is -2.08. The number of alkyl halides is 1. The van der Waals surface area contributed by atoms with Gasteiger partial charge in [0.1, 0.15) is 5.75 Å². The summed E-state index contributed by atoms with van der Waals surface area (Å²) in [7, 11) is 1.52. The molecule has 0 aliphatic rings. The standard InChI is InChI=1S/C11H10BrNO2/c1-7-9(6-13)3-8(10(14)5-12)4-11(7)15-2/h3-4H,5H2,1-2H3. The van der Waals surface area contributed by atoms with Crippen LogP contribution < -0.4 is 4.74 Å². The van der Waals surface area contributed by atoms with E-state index in [0.717, 1.165) is 5.56 Å². The van der Waals surface area contributed by atoms with Gasteiger partial charge in [0.05, 0.1) is 24.1 Å².